The monoisotopic (exact) mass is 189 g/mol. The fraction of sp³-hybridized carbons (Fsp3) is 0.222. The summed E-state index contributed by atoms with van der Waals surface area (Å²) >= 11 is 0. The van der Waals surface area contributed by atoms with E-state index in [4.69, 9.17) is 0 Å². The fourth-order valence-corrected chi connectivity index (χ4v) is 1.76. The first-order chi connectivity index (χ1) is 6.86. The van der Waals surface area contributed by atoms with E-state index in [1.807, 2.05) is 16.9 Å². The molecule has 5 heteroatoms. The van der Waals surface area contributed by atoms with Crippen LogP contribution in [0.4, 0.5) is 0 Å². The van der Waals surface area contributed by atoms with E-state index in [-0.39, 0.29) is 6.17 Å². The largest absolute Gasteiger partial charge is 0.341 e. The van der Waals surface area contributed by atoms with Crippen LogP contribution in [0.3, 0.4) is 0 Å². The fourth-order valence-electron chi connectivity index (χ4n) is 1.76. The van der Waals surface area contributed by atoms with Gasteiger partial charge in [0, 0.05) is 6.20 Å². The molecule has 0 radical (unpaired) electrons. The predicted octanol–water partition coefficient (Wildman–Crippen LogP) is -0.00530. The summed E-state index contributed by atoms with van der Waals surface area (Å²) in [5.41, 5.74) is 0.963. The third kappa shape index (κ3) is 0.898. The van der Waals surface area contributed by atoms with Gasteiger partial charge in [-0.1, -0.05) is 0 Å². The van der Waals surface area contributed by atoms with E-state index in [0.29, 0.717) is 0 Å². The summed E-state index contributed by atoms with van der Waals surface area (Å²) in [5, 5.41) is 10.6. The standard InChI is InChI=1S/C9H9N4O/c14-13-4-1-2-7-9(13)11-6-8-10-3-5-12(7)8/h1-4,6,9,14H,5H2/q+1. The Balaban J connectivity index is 2.09. The highest BCUT2D eigenvalue weighted by Gasteiger charge is 2.34. The van der Waals surface area contributed by atoms with Crippen LogP contribution in [-0.2, 0) is 0 Å². The van der Waals surface area contributed by atoms with Crippen LogP contribution in [-0.4, -0.2) is 45.8 Å². The van der Waals surface area contributed by atoms with Gasteiger partial charge in [0.1, 0.15) is 12.8 Å². The van der Waals surface area contributed by atoms with Crippen molar-refractivity contribution in [2.75, 3.05) is 6.54 Å². The zero-order valence-corrected chi connectivity index (χ0v) is 7.41. The van der Waals surface area contributed by atoms with Crippen LogP contribution in [0.2, 0.25) is 0 Å². The minimum atomic E-state index is -0.314. The highest BCUT2D eigenvalue weighted by Crippen LogP contribution is 2.20. The number of hydrogen-bond acceptors (Lipinski definition) is 4. The van der Waals surface area contributed by atoms with Crippen molar-refractivity contribution < 1.29 is 9.78 Å². The molecule has 1 N–H and O–H groups in total. The van der Waals surface area contributed by atoms with Gasteiger partial charge in [-0.25, -0.2) is 14.6 Å². The van der Waals surface area contributed by atoms with Crippen molar-refractivity contribution in [3.05, 3.63) is 24.0 Å². The van der Waals surface area contributed by atoms with Crippen LogP contribution in [0, 0.1) is 0 Å². The third-order valence-corrected chi connectivity index (χ3v) is 2.43. The summed E-state index contributed by atoms with van der Waals surface area (Å²) in [7, 11) is 0. The number of fused-ring (bicyclic) bond motifs is 2. The molecule has 3 heterocycles. The Kier molecular flexibility index (Phi) is 1.43. The van der Waals surface area contributed by atoms with E-state index in [1.54, 1.807) is 18.5 Å². The molecule has 70 valence electrons. The molecule has 0 aromatic carbocycles. The number of aliphatic imine (C=N–C) groups is 2. The lowest BCUT2D eigenvalue weighted by Crippen LogP contribution is -2.39. The first kappa shape index (κ1) is 7.64. The molecule has 0 saturated heterocycles. The second-order valence-electron chi connectivity index (χ2n) is 3.25. The Morgan fingerprint density at radius 1 is 1.57 bits per heavy atom. The molecule has 0 amide bonds. The molecule has 3 aliphatic rings. The molecule has 0 aliphatic carbocycles. The van der Waals surface area contributed by atoms with Crippen molar-refractivity contribution in [3.63, 3.8) is 0 Å². The molecule has 3 rings (SSSR count). The van der Waals surface area contributed by atoms with Crippen LogP contribution in [0.5, 0.6) is 0 Å². The quantitative estimate of drug-likeness (QED) is 0.545. The number of hydrogen-bond donors (Lipinski definition) is 1. The molecule has 0 spiro atoms. The summed E-state index contributed by atoms with van der Waals surface area (Å²) in [6.07, 6.45) is 8.54. The van der Waals surface area contributed by atoms with Crippen LogP contribution in [0.25, 0.3) is 0 Å². The number of rotatable bonds is 0. The van der Waals surface area contributed by atoms with Gasteiger partial charge in [0.05, 0.1) is 0 Å². The molecular formula is C9H9N4O+. The van der Waals surface area contributed by atoms with E-state index in [0.717, 1.165) is 23.1 Å². The van der Waals surface area contributed by atoms with Crippen molar-refractivity contribution in [1.82, 2.24) is 5.06 Å². The van der Waals surface area contributed by atoms with Crippen LogP contribution < -0.4 is 0 Å². The van der Waals surface area contributed by atoms with Crippen molar-refractivity contribution in [3.8, 4) is 0 Å². The molecule has 1 atom stereocenters. The Labute approximate surface area is 80.7 Å². The average molecular weight is 189 g/mol. The van der Waals surface area contributed by atoms with Gasteiger partial charge in [-0.2, -0.15) is 0 Å². The zero-order valence-electron chi connectivity index (χ0n) is 7.41. The highest BCUT2D eigenvalue weighted by atomic mass is 16.5. The summed E-state index contributed by atoms with van der Waals surface area (Å²) < 4.78 is 2.03. The lowest BCUT2D eigenvalue weighted by molar-refractivity contribution is -0.466. The van der Waals surface area contributed by atoms with Crippen LogP contribution in [0.1, 0.15) is 0 Å². The van der Waals surface area contributed by atoms with E-state index in [9.17, 15) is 5.21 Å². The zero-order chi connectivity index (χ0) is 9.54. The molecule has 14 heavy (non-hydrogen) atoms. The molecule has 0 saturated carbocycles. The normalized spacial score (nSPS) is 27.9. The minimum Gasteiger partial charge on any atom is -0.286 e. The van der Waals surface area contributed by atoms with Gasteiger partial charge in [0.15, 0.2) is 11.9 Å². The van der Waals surface area contributed by atoms with E-state index < -0.39 is 0 Å². The van der Waals surface area contributed by atoms with E-state index in [2.05, 4.69) is 9.98 Å². The van der Waals surface area contributed by atoms with Crippen molar-refractivity contribution in [2.45, 2.75) is 6.17 Å². The van der Waals surface area contributed by atoms with Gasteiger partial charge < -0.3 is 0 Å². The molecule has 0 bridgehead atoms. The summed E-state index contributed by atoms with van der Waals surface area (Å²) in [6.45, 7) is 0.755. The Bertz CT molecular complexity index is 430. The smallest absolute Gasteiger partial charge is 0.286 e. The van der Waals surface area contributed by atoms with Gasteiger partial charge in [0.25, 0.3) is 0 Å². The van der Waals surface area contributed by atoms with Gasteiger partial charge in [0.2, 0.25) is 6.17 Å². The lowest BCUT2D eigenvalue weighted by atomic mass is 10.2. The topological polar surface area (TPSA) is 51.2 Å². The van der Waals surface area contributed by atoms with Gasteiger partial charge in [-0.3, -0.25) is 5.21 Å². The van der Waals surface area contributed by atoms with Crippen LogP contribution in [0.15, 0.2) is 34.0 Å². The number of amidine groups is 1. The minimum absolute atomic E-state index is 0.314. The SMILES string of the molecule is ON1C=CC=C2C1N=CC1=[N+]2CC=N1. The van der Waals surface area contributed by atoms with Crippen molar-refractivity contribution >= 4 is 18.3 Å². The molecule has 3 aliphatic heterocycles. The Hall–Kier alpha value is -1.75. The van der Waals surface area contributed by atoms with E-state index >= 15 is 0 Å². The first-order valence-corrected chi connectivity index (χ1v) is 4.42. The lowest BCUT2D eigenvalue weighted by Gasteiger charge is -2.26. The van der Waals surface area contributed by atoms with Crippen molar-refractivity contribution in [1.29, 1.82) is 0 Å². The molecule has 5 nitrogen and oxygen atoms in total. The highest BCUT2D eigenvalue weighted by molar-refractivity contribution is 6.30. The molecule has 0 aromatic rings. The van der Waals surface area contributed by atoms with Crippen LogP contribution >= 0.6 is 0 Å². The van der Waals surface area contributed by atoms with Gasteiger partial charge in [-0.15, -0.1) is 0 Å². The second-order valence-corrected chi connectivity index (χ2v) is 3.25. The summed E-state index contributed by atoms with van der Waals surface area (Å²) in [5.74, 6) is 0.844. The summed E-state index contributed by atoms with van der Waals surface area (Å²) in [6, 6.07) is 0. The molecule has 0 fully saturated rings. The second kappa shape index (κ2) is 2.62. The van der Waals surface area contributed by atoms with E-state index in [1.165, 1.54) is 0 Å². The molecular weight excluding hydrogens is 180 g/mol. The molecule has 1 unspecified atom stereocenters. The number of allylic oxidation sites excluding steroid dienone is 2. The predicted molar refractivity (Wildman–Crippen MR) is 51.8 cm³/mol. The maximum atomic E-state index is 9.54. The maximum Gasteiger partial charge on any atom is 0.341 e. The average Bonchev–Trinajstić information content (AvgIpc) is 2.66. The van der Waals surface area contributed by atoms with Gasteiger partial charge in [-0.05, 0) is 17.1 Å². The summed E-state index contributed by atoms with van der Waals surface area (Å²) in [4.78, 5) is 8.39. The maximum absolute atomic E-state index is 9.54. The third-order valence-electron chi connectivity index (χ3n) is 2.43. The first-order valence-electron chi connectivity index (χ1n) is 4.42. The Morgan fingerprint density at radius 3 is 3.43 bits per heavy atom. The number of hydroxylamine groups is 2. The molecule has 0 aromatic heterocycles. The number of nitrogens with zero attached hydrogens (tertiary/aromatic N) is 4. The van der Waals surface area contributed by atoms with Gasteiger partial charge >= 0.3 is 5.84 Å². The Morgan fingerprint density at radius 2 is 2.50 bits per heavy atom. The van der Waals surface area contributed by atoms with Crippen molar-refractivity contribution in [2.24, 2.45) is 9.98 Å².